The molecule has 0 aromatic carbocycles. The van der Waals surface area contributed by atoms with E-state index < -0.39 is 11.7 Å². The normalized spacial score (nSPS) is 51.1. The Balaban J connectivity index is 1.41. The maximum absolute atomic E-state index is 12.9. The minimum absolute atomic E-state index is 0.0953. The number of aliphatic hydroxyl groups is 3. The zero-order valence-corrected chi connectivity index (χ0v) is 22.8. The third-order valence-electron chi connectivity index (χ3n) is 13.2. The summed E-state index contributed by atoms with van der Waals surface area (Å²) in [5, 5.41) is 32.1. The molecule has 0 amide bonds. The molecule has 5 saturated carbocycles. The molecule has 5 aliphatic rings. The van der Waals surface area contributed by atoms with Gasteiger partial charge in [0, 0.05) is 11.8 Å². The van der Waals surface area contributed by atoms with Crippen molar-refractivity contribution in [1.82, 2.24) is 0 Å². The predicted molar refractivity (Wildman–Crippen MR) is 134 cm³/mol. The van der Waals surface area contributed by atoms with Crippen LogP contribution in [0.25, 0.3) is 0 Å². The number of rotatable bonds is 5. The Morgan fingerprint density at radius 2 is 1.59 bits per heavy atom. The number of carbonyl (C=O) groups excluding carboxylic acids is 1. The molecule has 4 nitrogen and oxygen atoms in total. The summed E-state index contributed by atoms with van der Waals surface area (Å²) in [6.45, 7) is 15.0. The predicted octanol–water partition coefficient (Wildman–Crippen LogP) is 5.51. The van der Waals surface area contributed by atoms with Crippen molar-refractivity contribution in [3.8, 4) is 0 Å². The van der Waals surface area contributed by atoms with Crippen LogP contribution in [0.15, 0.2) is 0 Å². The van der Waals surface area contributed by atoms with Gasteiger partial charge in [-0.1, -0.05) is 34.6 Å². The highest BCUT2D eigenvalue weighted by atomic mass is 16.3. The molecule has 0 aliphatic heterocycles. The van der Waals surface area contributed by atoms with Crippen LogP contribution in [-0.4, -0.2) is 38.9 Å². The van der Waals surface area contributed by atoms with Crippen LogP contribution in [0.1, 0.15) is 113 Å². The SMILES string of the molecule is C[C@H](CC[C@H](O)C(C)(C)O)[C@H]1[C@@H](O)C[C@@]2(C)[C@@H]3CC[C@H]4C(C)(C)C(=O)CC[C@@]45C[C@@]35CC[C@]12C. The van der Waals surface area contributed by atoms with Crippen molar-refractivity contribution in [2.75, 3.05) is 0 Å². The Morgan fingerprint density at radius 3 is 2.24 bits per heavy atom. The molecule has 0 saturated heterocycles. The third kappa shape index (κ3) is 2.97. The molecule has 5 fully saturated rings. The van der Waals surface area contributed by atoms with Crippen molar-refractivity contribution < 1.29 is 20.1 Å². The molecule has 0 heterocycles. The van der Waals surface area contributed by atoms with Gasteiger partial charge in [-0.3, -0.25) is 4.79 Å². The fourth-order valence-corrected chi connectivity index (χ4v) is 11.2. The van der Waals surface area contributed by atoms with E-state index in [-0.39, 0.29) is 28.3 Å². The summed E-state index contributed by atoms with van der Waals surface area (Å²) in [5.41, 5.74) is -0.295. The quantitative estimate of drug-likeness (QED) is 0.491. The van der Waals surface area contributed by atoms with Gasteiger partial charge in [-0.25, -0.2) is 0 Å². The van der Waals surface area contributed by atoms with E-state index in [0.717, 1.165) is 25.7 Å². The lowest BCUT2D eigenvalue weighted by molar-refractivity contribution is -0.157. The molecule has 3 N–H and O–H groups in total. The van der Waals surface area contributed by atoms with E-state index in [4.69, 9.17) is 0 Å². The highest BCUT2D eigenvalue weighted by molar-refractivity contribution is 5.86. The maximum Gasteiger partial charge on any atom is 0.138 e. The first-order valence-electron chi connectivity index (χ1n) is 14.2. The molecule has 0 bridgehead atoms. The van der Waals surface area contributed by atoms with E-state index in [2.05, 4.69) is 34.6 Å². The van der Waals surface area contributed by atoms with Gasteiger partial charge in [-0.15, -0.1) is 0 Å². The summed E-state index contributed by atoms with van der Waals surface area (Å²) < 4.78 is 0. The van der Waals surface area contributed by atoms with Gasteiger partial charge in [0.05, 0.1) is 17.8 Å². The molecule has 5 aliphatic carbocycles. The molecule has 0 radical (unpaired) electrons. The Kier molecular flexibility index (Phi) is 5.42. The van der Waals surface area contributed by atoms with Gasteiger partial charge in [-0.2, -0.15) is 0 Å². The number of ketones is 1. The average molecular weight is 475 g/mol. The van der Waals surface area contributed by atoms with Crippen LogP contribution in [0, 0.1) is 50.7 Å². The summed E-state index contributed by atoms with van der Waals surface area (Å²) in [5.74, 6) is 2.21. The topological polar surface area (TPSA) is 77.8 Å². The summed E-state index contributed by atoms with van der Waals surface area (Å²) in [7, 11) is 0. The Morgan fingerprint density at radius 1 is 0.971 bits per heavy atom. The zero-order chi connectivity index (χ0) is 25.1. The van der Waals surface area contributed by atoms with Crippen LogP contribution in [-0.2, 0) is 4.79 Å². The van der Waals surface area contributed by atoms with Crippen LogP contribution >= 0.6 is 0 Å². The van der Waals surface area contributed by atoms with E-state index in [9.17, 15) is 20.1 Å². The number of Topliss-reactive ketones (excluding diaryl/α,β-unsaturated/α-hetero) is 1. The summed E-state index contributed by atoms with van der Waals surface area (Å²) in [6.07, 6.45) is 9.24. The molecular weight excluding hydrogens is 424 g/mol. The Hall–Kier alpha value is -0.450. The van der Waals surface area contributed by atoms with E-state index in [1.807, 2.05) is 0 Å². The average Bonchev–Trinajstić information content (AvgIpc) is 3.34. The number of hydrogen-bond acceptors (Lipinski definition) is 4. The fourth-order valence-electron chi connectivity index (χ4n) is 11.2. The van der Waals surface area contributed by atoms with E-state index in [1.165, 1.54) is 32.1 Å². The number of fused-ring (bicyclic) bond motifs is 2. The number of hydrogen-bond donors (Lipinski definition) is 3. The largest absolute Gasteiger partial charge is 0.393 e. The van der Waals surface area contributed by atoms with Crippen molar-refractivity contribution in [2.45, 2.75) is 130 Å². The lowest BCUT2D eigenvalue weighted by Crippen LogP contribution is -2.57. The smallest absolute Gasteiger partial charge is 0.138 e. The number of carbonyl (C=O) groups is 1. The van der Waals surface area contributed by atoms with Crippen molar-refractivity contribution in [2.24, 2.45) is 50.7 Å². The highest BCUT2D eigenvalue weighted by Crippen LogP contribution is 2.88. The Labute approximate surface area is 207 Å². The van der Waals surface area contributed by atoms with Crippen LogP contribution in [0.3, 0.4) is 0 Å². The molecule has 0 unspecified atom stereocenters. The summed E-state index contributed by atoms with van der Waals surface area (Å²) >= 11 is 0. The van der Waals surface area contributed by atoms with E-state index >= 15 is 0 Å². The molecule has 0 aromatic heterocycles. The molecule has 2 spiro atoms. The van der Waals surface area contributed by atoms with Gasteiger partial charge < -0.3 is 15.3 Å². The zero-order valence-electron chi connectivity index (χ0n) is 22.8. The number of aliphatic hydroxyl groups excluding tert-OH is 2. The lowest BCUT2D eigenvalue weighted by Gasteiger charge is -2.62. The molecule has 34 heavy (non-hydrogen) atoms. The molecule has 194 valence electrons. The first-order valence-corrected chi connectivity index (χ1v) is 14.2. The van der Waals surface area contributed by atoms with Crippen LogP contribution in [0.2, 0.25) is 0 Å². The lowest BCUT2D eigenvalue weighted by atomic mass is 9.42. The van der Waals surface area contributed by atoms with Crippen molar-refractivity contribution in [1.29, 1.82) is 0 Å². The van der Waals surface area contributed by atoms with Gasteiger partial charge in [0.25, 0.3) is 0 Å². The van der Waals surface area contributed by atoms with Gasteiger partial charge in [0.2, 0.25) is 0 Å². The minimum atomic E-state index is -1.09. The van der Waals surface area contributed by atoms with Gasteiger partial charge >= 0.3 is 0 Å². The fraction of sp³-hybridized carbons (Fsp3) is 0.967. The van der Waals surface area contributed by atoms with Crippen molar-refractivity contribution in [3.05, 3.63) is 0 Å². The molecule has 5 rings (SSSR count). The minimum Gasteiger partial charge on any atom is -0.393 e. The molecular formula is C30H50O4. The van der Waals surface area contributed by atoms with Gasteiger partial charge in [-0.05, 0) is 117 Å². The van der Waals surface area contributed by atoms with E-state index in [1.54, 1.807) is 13.8 Å². The Bertz CT molecular complexity index is 858. The first-order chi connectivity index (χ1) is 15.6. The monoisotopic (exact) mass is 474 g/mol. The standard InChI is InChI=1S/C30H50O4/c1-18(8-11-23(33)26(4,5)34)24-19(31)16-28(7)21-10-9-20-25(2,3)22(32)12-13-29(20)17-30(21,29)15-14-27(24,28)6/h18-21,23-24,31,33-34H,8-17H2,1-7H3/t18-,19+,20+,21+,23+,24+,27-,28+,29-,30+/m1/s1. The van der Waals surface area contributed by atoms with E-state index in [0.29, 0.717) is 40.8 Å². The molecule has 4 heteroatoms. The van der Waals surface area contributed by atoms with Crippen LogP contribution in [0.5, 0.6) is 0 Å². The van der Waals surface area contributed by atoms with Crippen LogP contribution < -0.4 is 0 Å². The second kappa shape index (κ2) is 7.32. The van der Waals surface area contributed by atoms with Crippen LogP contribution in [0.4, 0.5) is 0 Å². The second-order valence-electron chi connectivity index (χ2n) is 15.2. The second-order valence-corrected chi connectivity index (χ2v) is 15.2. The maximum atomic E-state index is 12.9. The first kappa shape index (κ1) is 25.2. The van der Waals surface area contributed by atoms with Gasteiger partial charge in [0.15, 0.2) is 0 Å². The highest BCUT2D eigenvalue weighted by Gasteiger charge is 2.82. The molecule has 0 aromatic rings. The third-order valence-corrected chi connectivity index (χ3v) is 13.2. The van der Waals surface area contributed by atoms with Crippen molar-refractivity contribution in [3.63, 3.8) is 0 Å². The van der Waals surface area contributed by atoms with Gasteiger partial charge in [0.1, 0.15) is 5.78 Å². The molecule has 10 atom stereocenters. The van der Waals surface area contributed by atoms with Crippen molar-refractivity contribution >= 4 is 5.78 Å². The summed E-state index contributed by atoms with van der Waals surface area (Å²) in [6, 6.07) is 0. The summed E-state index contributed by atoms with van der Waals surface area (Å²) in [4.78, 5) is 12.9.